The molecule has 1 aliphatic carbocycles. The topological polar surface area (TPSA) is 75.4 Å². The lowest BCUT2D eigenvalue weighted by Gasteiger charge is -2.22. The van der Waals surface area contributed by atoms with Gasteiger partial charge in [0.15, 0.2) is 0 Å². The molecular formula is C13H17BrN2O3. The number of nitro groups is 1. The normalized spacial score (nSPS) is 17.6. The van der Waals surface area contributed by atoms with E-state index in [1.807, 2.05) is 6.07 Å². The molecule has 0 bridgehead atoms. The van der Waals surface area contributed by atoms with E-state index in [0.717, 1.165) is 31.2 Å². The number of hydrogen-bond donors (Lipinski definition) is 2. The molecule has 2 N–H and O–H groups in total. The van der Waals surface area contributed by atoms with Crippen LogP contribution in [0.5, 0.6) is 0 Å². The maximum atomic E-state index is 10.8. The van der Waals surface area contributed by atoms with Crippen LogP contribution in [0.2, 0.25) is 0 Å². The Bertz CT molecular complexity index is 473. The second-order valence-corrected chi connectivity index (χ2v) is 5.84. The predicted molar refractivity (Wildman–Crippen MR) is 75.9 cm³/mol. The Labute approximate surface area is 120 Å². The fourth-order valence-electron chi connectivity index (χ4n) is 2.48. The summed E-state index contributed by atoms with van der Waals surface area (Å²) < 4.78 is 0.505. The van der Waals surface area contributed by atoms with Crippen LogP contribution in [0.4, 0.5) is 5.69 Å². The third-order valence-electron chi connectivity index (χ3n) is 3.56. The molecule has 19 heavy (non-hydrogen) atoms. The second kappa shape index (κ2) is 5.98. The number of nitro benzene ring substituents is 1. The first-order chi connectivity index (χ1) is 9.02. The first-order valence-electron chi connectivity index (χ1n) is 6.37. The molecule has 2 rings (SSSR count). The molecule has 1 saturated carbocycles. The Balaban J connectivity index is 1.96. The lowest BCUT2D eigenvalue weighted by atomic mass is 10.0. The van der Waals surface area contributed by atoms with Crippen molar-refractivity contribution in [1.29, 1.82) is 0 Å². The van der Waals surface area contributed by atoms with Gasteiger partial charge in [-0.25, -0.2) is 0 Å². The van der Waals surface area contributed by atoms with Crippen molar-refractivity contribution in [2.45, 2.75) is 37.8 Å². The van der Waals surface area contributed by atoms with Gasteiger partial charge in [0.2, 0.25) is 0 Å². The molecule has 0 amide bonds. The maximum absolute atomic E-state index is 10.8. The molecule has 1 aromatic rings. The van der Waals surface area contributed by atoms with E-state index in [-0.39, 0.29) is 5.69 Å². The van der Waals surface area contributed by atoms with Gasteiger partial charge in [0.25, 0.3) is 5.69 Å². The second-order valence-electron chi connectivity index (χ2n) is 5.04. The molecule has 104 valence electrons. The summed E-state index contributed by atoms with van der Waals surface area (Å²) in [5, 5.41) is 24.2. The van der Waals surface area contributed by atoms with E-state index in [1.165, 1.54) is 6.07 Å². The molecule has 1 aromatic carbocycles. The van der Waals surface area contributed by atoms with E-state index < -0.39 is 10.5 Å². The minimum Gasteiger partial charge on any atom is -0.389 e. The number of nitrogens with zero attached hydrogens (tertiary/aromatic N) is 1. The van der Waals surface area contributed by atoms with Gasteiger partial charge in [-0.05, 0) is 34.3 Å². The molecule has 0 saturated heterocycles. The summed E-state index contributed by atoms with van der Waals surface area (Å²) in [5.41, 5.74) is 0.294. The number of nitrogens with one attached hydrogen (secondary N) is 1. The monoisotopic (exact) mass is 328 g/mol. The Morgan fingerprint density at radius 3 is 2.74 bits per heavy atom. The molecule has 0 heterocycles. The van der Waals surface area contributed by atoms with Crippen LogP contribution < -0.4 is 5.32 Å². The van der Waals surface area contributed by atoms with Crippen LogP contribution in [0.15, 0.2) is 22.7 Å². The van der Waals surface area contributed by atoms with Gasteiger partial charge in [0.05, 0.1) is 15.0 Å². The van der Waals surface area contributed by atoms with Gasteiger partial charge in [0.1, 0.15) is 0 Å². The molecule has 6 heteroatoms. The van der Waals surface area contributed by atoms with Gasteiger partial charge in [-0.15, -0.1) is 0 Å². The number of aliphatic hydroxyl groups is 1. The largest absolute Gasteiger partial charge is 0.389 e. The quantitative estimate of drug-likeness (QED) is 0.643. The van der Waals surface area contributed by atoms with Crippen LogP contribution in [0, 0.1) is 10.1 Å². The Morgan fingerprint density at radius 1 is 1.42 bits per heavy atom. The summed E-state index contributed by atoms with van der Waals surface area (Å²) in [6.45, 7) is 1.03. The van der Waals surface area contributed by atoms with Crippen molar-refractivity contribution in [1.82, 2.24) is 5.32 Å². The lowest BCUT2D eigenvalue weighted by molar-refractivity contribution is -0.385. The van der Waals surface area contributed by atoms with Gasteiger partial charge >= 0.3 is 0 Å². The highest BCUT2D eigenvalue weighted by atomic mass is 79.9. The molecule has 0 aliphatic heterocycles. The van der Waals surface area contributed by atoms with Crippen molar-refractivity contribution in [2.24, 2.45) is 0 Å². The van der Waals surface area contributed by atoms with Crippen molar-refractivity contribution < 1.29 is 10.0 Å². The van der Waals surface area contributed by atoms with Gasteiger partial charge in [-0.3, -0.25) is 10.1 Å². The van der Waals surface area contributed by atoms with E-state index in [2.05, 4.69) is 21.2 Å². The molecule has 0 spiro atoms. The van der Waals surface area contributed by atoms with E-state index in [4.69, 9.17) is 0 Å². The number of benzene rings is 1. The Hall–Kier alpha value is -0.980. The van der Waals surface area contributed by atoms with Crippen molar-refractivity contribution in [3.63, 3.8) is 0 Å². The summed E-state index contributed by atoms with van der Waals surface area (Å²) in [4.78, 5) is 10.4. The van der Waals surface area contributed by atoms with Crippen molar-refractivity contribution >= 4 is 21.6 Å². The number of rotatable bonds is 5. The van der Waals surface area contributed by atoms with Crippen LogP contribution in [0.1, 0.15) is 31.2 Å². The molecule has 0 aromatic heterocycles. The van der Waals surface area contributed by atoms with Gasteiger partial charge in [-0.2, -0.15) is 0 Å². The molecular weight excluding hydrogens is 312 g/mol. The fraction of sp³-hybridized carbons (Fsp3) is 0.538. The third kappa shape index (κ3) is 3.52. The molecule has 1 aliphatic rings. The van der Waals surface area contributed by atoms with E-state index in [1.54, 1.807) is 6.07 Å². The minimum absolute atomic E-state index is 0.0684. The number of hydrogen-bond acceptors (Lipinski definition) is 4. The summed E-state index contributed by atoms with van der Waals surface area (Å²) in [7, 11) is 0. The summed E-state index contributed by atoms with van der Waals surface area (Å²) in [5.74, 6) is 0. The summed E-state index contributed by atoms with van der Waals surface area (Å²) in [6.07, 6.45) is 3.80. The van der Waals surface area contributed by atoms with Crippen LogP contribution in [0.25, 0.3) is 0 Å². The summed E-state index contributed by atoms with van der Waals surface area (Å²) in [6, 6.07) is 4.98. The minimum atomic E-state index is -0.604. The van der Waals surface area contributed by atoms with Crippen LogP contribution in [-0.4, -0.2) is 22.2 Å². The highest BCUT2D eigenvalue weighted by Gasteiger charge is 2.30. The highest BCUT2D eigenvalue weighted by Crippen LogP contribution is 2.30. The molecule has 0 atom stereocenters. The van der Waals surface area contributed by atoms with Crippen molar-refractivity contribution in [2.75, 3.05) is 6.54 Å². The SMILES string of the molecule is O=[N+]([O-])c1cccc(CNCC2(O)CCCC2)c1Br. The Kier molecular flexibility index (Phi) is 4.54. The van der Waals surface area contributed by atoms with Crippen molar-refractivity contribution in [3.05, 3.63) is 38.3 Å². The van der Waals surface area contributed by atoms with Crippen molar-refractivity contribution in [3.8, 4) is 0 Å². The zero-order valence-electron chi connectivity index (χ0n) is 10.6. The van der Waals surface area contributed by atoms with Crippen LogP contribution in [-0.2, 0) is 6.54 Å². The average molecular weight is 329 g/mol. The molecule has 1 fully saturated rings. The van der Waals surface area contributed by atoms with Crippen LogP contribution in [0.3, 0.4) is 0 Å². The van der Waals surface area contributed by atoms with Gasteiger partial charge in [-0.1, -0.05) is 25.0 Å². The summed E-state index contributed by atoms with van der Waals surface area (Å²) >= 11 is 3.26. The maximum Gasteiger partial charge on any atom is 0.283 e. The molecule has 0 unspecified atom stereocenters. The first-order valence-corrected chi connectivity index (χ1v) is 7.16. The molecule has 0 radical (unpaired) electrons. The van der Waals surface area contributed by atoms with Gasteiger partial charge < -0.3 is 10.4 Å². The zero-order valence-corrected chi connectivity index (χ0v) is 12.1. The fourth-order valence-corrected chi connectivity index (χ4v) is 3.03. The zero-order chi connectivity index (χ0) is 13.9. The third-order valence-corrected chi connectivity index (χ3v) is 4.47. The highest BCUT2D eigenvalue weighted by molar-refractivity contribution is 9.10. The smallest absolute Gasteiger partial charge is 0.283 e. The lowest BCUT2D eigenvalue weighted by Crippen LogP contribution is -2.37. The van der Waals surface area contributed by atoms with E-state index in [0.29, 0.717) is 17.6 Å². The van der Waals surface area contributed by atoms with Gasteiger partial charge in [0, 0.05) is 19.2 Å². The molecule has 5 nitrogen and oxygen atoms in total. The van der Waals surface area contributed by atoms with E-state index >= 15 is 0 Å². The number of halogens is 1. The standard InChI is InChI=1S/C13H17BrN2O3/c14-12-10(4-3-5-11(12)16(18)19)8-15-9-13(17)6-1-2-7-13/h3-5,15,17H,1-2,6-9H2. The predicted octanol–water partition coefficient (Wildman–Crippen LogP) is 2.75. The van der Waals surface area contributed by atoms with E-state index in [9.17, 15) is 15.2 Å². The van der Waals surface area contributed by atoms with Crippen LogP contribution >= 0.6 is 15.9 Å². The first kappa shape index (κ1) is 14.4. The average Bonchev–Trinajstić information content (AvgIpc) is 2.78. The Morgan fingerprint density at radius 2 is 2.11 bits per heavy atom.